The molecule has 0 atom stereocenters. The molecular formula is C15H17F3N4O2. The Morgan fingerprint density at radius 3 is 2.50 bits per heavy atom. The van der Waals surface area contributed by atoms with E-state index in [1.54, 1.807) is 39.8 Å². The Bertz CT molecular complexity index is 748. The van der Waals surface area contributed by atoms with Crippen LogP contribution in [-0.4, -0.2) is 26.5 Å². The largest absolute Gasteiger partial charge is 0.444 e. The second-order valence-electron chi connectivity index (χ2n) is 6.09. The van der Waals surface area contributed by atoms with Crippen LogP contribution in [0.1, 0.15) is 32.0 Å². The predicted molar refractivity (Wildman–Crippen MR) is 81.0 cm³/mol. The maximum Gasteiger partial charge on any atom is 0.435 e. The zero-order chi connectivity index (χ0) is 18.1. The number of hydrogen-bond donors (Lipinski definition) is 1. The molecule has 0 spiro atoms. The molecule has 0 aliphatic rings. The number of anilines is 1. The van der Waals surface area contributed by atoms with Crippen molar-refractivity contribution in [2.45, 2.75) is 39.5 Å². The molecule has 0 bridgehead atoms. The Morgan fingerprint density at radius 2 is 1.96 bits per heavy atom. The molecule has 9 heteroatoms. The summed E-state index contributed by atoms with van der Waals surface area (Å²) in [4.78, 5) is 15.7. The van der Waals surface area contributed by atoms with E-state index >= 15 is 0 Å². The highest BCUT2D eigenvalue weighted by Crippen LogP contribution is 2.36. The second kappa shape index (κ2) is 6.14. The summed E-state index contributed by atoms with van der Waals surface area (Å²) in [6.45, 7) is 6.44. The number of ether oxygens (including phenoxy) is 1. The van der Waals surface area contributed by atoms with E-state index < -0.39 is 29.3 Å². The molecule has 6 nitrogen and oxygen atoms in total. The van der Waals surface area contributed by atoms with Crippen LogP contribution >= 0.6 is 0 Å². The first-order valence-corrected chi connectivity index (χ1v) is 7.06. The molecule has 2 aromatic heterocycles. The van der Waals surface area contributed by atoms with Crippen molar-refractivity contribution in [3.05, 3.63) is 35.8 Å². The maximum absolute atomic E-state index is 13.5. The smallest absolute Gasteiger partial charge is 0.435 e. The standard InChI is InChI=1S/C15H17F3N4O2/c1-9-6-5-7-19-12(9)22-11(15(16,17)18)10(8-20-22)21-13(23)24-14(2,3)4/h5-8H,1-4H3,(H,21,23). The molecule has 24 heavy (non-hydrogen) atoms. The molecule has 2 aromatic rings. The van der Waals surface area contributed by atoms with Crippen LogP contribution < -0.4 is 5.32 Å². The van der Waals surface area contributed by atoms with Crippen molar-refractivity contribution in [2.24, 2.45) is 0 Å². The van der Waals surface area contributed by atoms with Gasteiger partial charge in [-0.3, -0.25) is 5.32 Å². The lowest BCUT2D eigenvalue weighted by Gasteiger charge is -2.20. The molecule has 0 aromatic carbocycles. The number of nitrogens with one attached hydrogen (secondary N) is 1. The van der Waals surface area contributed by atoms with Crippen LogP contribution in [-0.2, 0) is 10.9 Å². The summed E-state index contributed by atoms with van der Waals surface area (Å²) < 4.78 is 46.0. The minimum Gasteiger partial charge on any atom is -0.444 e. The minimum absolute atomic E-state index is 0.0297. The molecule has 0 radical (unpaired) electrons. The number of hydrogen-bond acceptors (Lipinski definition) is 4. The van der Waals surface area contributed by atoms with Crippen LogP contribution in [0.15, 0.2) is 24.5 Å². The molecule has 0 fully saturated rings. The van der Waals surface area contributed by atoms with Gasteiger partial charge < -0.3 is 4.74 Å². The number of carbonyl (C=O) groups excluding carboxylic acids is 1. The summed E-state index contributed by atoms with van der Waals surface area (Å²) in [5.74, 6) is 0.0297. The normalized spacial score (nSPS) is 12.1. The maximum atomic E-state index is 13.5. The van der Waals surface area contributed by atoms with Crippen molar-refractivity contribution in [1.82, 2.24) is 14.8 Å². The number of aromatic nitrogens is 3. The third-order valence-corrected chi connectivity index (χ3v) is 2.86. The molecule has 1 N–H and O–H groups in total. The van der Waals surface area contributed by atoms with Crippen molar-refractivity contribution in [1.29, 1.82) is 0 Å². The lowest BCUT2D eigenvalue weighted by Crippen LogP contribution is -2.28. The fraction of sp³-hybridized carbons (Fsp3) is 0.400. The van der Waals surface area contributed by atoms with Gasteiger partial charge in [-0.05, 0) is 39.3 Å². The number of aryl methyl sites for hydroxylation is 1. The van der Waals surface area contributed by atoms with Crippen molar-refractivity contribution in [3.63, 3.8) is 0 Å². The highest BCUT2D eigenvalue weighted by atomic mass is 19.4. The average molecular weight is 342 g/mol. The zero-order valence-corrected chi connectivity index (χ0v) is 13.6. The molecule has 0 saturated carbocycles. The summed E-state index contributed by atoms with van der Waals surface area (Å²) in [6.07, 6.45) is -3.46. The van der Waals surface area contributed by atoms with Crippen LogP contribution in [0.5, 0.6) is 0 Å². The third-order valence-electron chi connectivity index (χ3n) is 2.86. The van der Waals surface area contributed by atoms with Gasteiger partial charge in [0, 0.05) is 6.20 Å². The molecule has 1 amide bonds. The molecule has 2 heterocycles. The van der Waals surface area contributed by atoms with E-state index in [4.69, 9.17) is 4.74 Å². The van der Waals surface area contributed by atoms with Crippen LogP contribution in [0.3, 0.4) is 0 Å². The van der Waals surface area contributed by atoms with Crippen LogP contribution in [0.25, 0.3) is 5.82 Å². The van der Waals surface area contributed by atoms with E-state index in [1.807, 2.05) is 0 Å². The highest BCUT2D eigenvalue weighted by molar-refractivity contribution is 5.85. The van der Waals surface area contributed by atoms with Gasteiger partial charge in [0.1, 0.15) is 5.60 Å². The Labute approximate surface area is 136 Å². The third kappa shape index (κ3) is 4.03. The summed E-state index contributed by atoms with van der Waals surface area (Å²) in [5.41, 5.74) is -1.96. The summed E-state index contributed by atoms with van der Waals surface area (Å²) in [6, 6.07) is 3.22. The number of alkyl halides is 3. The Balaban J connectivity index is 2.45. The SMILES string of the molecule is Cc1cccnc1-n1ncc(NC(=O)OC(C)(C)C)c1C(F)(F)F. The first-order chi connectivity index (χ1) is 11.0. The van der Waals surface area contributed by atoms with E-state index in [1.165, 1.54) is 6.20 Å². The lowest BCUT2D eigenvalue weighted by molar-refractivity contribution is -0.142. The van der Waals surface area contributed by atoms with E-state index in [0.29, 0.717) is 10.2 Å². The van der Waals surface area contributed by atoms with Gasteiger partial charge in [0.15, 0.2) is 11.5 Å². The topological polar surface area (TPSA) is 69.0 Å². The molecule has 2 rings (SSSR count). The number of rotatable bonds is 2. The van der Waals surface area contributed by atoms with Gasteiger partial charge in [0.05, 0.1) is 11.9 Å². The summed E-state index contributed by atoms with van der Waals surface area (Å²) in [7, 11) is 0. The fourth-order valence-corrected chi connectivity index (χ4v) is 1.99. The van der Waals surface area contributed by atoms with Crippen LogP contribution in [0.2, 0.25) is 0 Å². The van der Waals surface area contributed by atoms with Gasteiger partial charge in [0.2, 0.25) is 0 Å². The highest BCUT2D eigenvalue weighted by Gasteiger charge is 2.40. The molecule has 0 aliphatic heterocycles. The number of carbonyl (C=O) groups is 1. The van der Waals surface area contributed by atoms with Gasteiger partial charge in [-0.25, -0.2) is 14.5 Å². The van der Waals surface area contributed by atoms with E-state index in [2.05, 4.69) is 15.4 Å². The molecular weight excluding hydrogens is 325 g/mol. The molecule has 0 unspecified atom stereocenters. The Hall–Kier alpha value is -2.58. The summed E-state index contributed by atoms with van der Waals surface area (Å²) in [5, 5.41) is 5.82. The second-order valence-corrected chi connectivity index (χ2v) is 6.09. The van der Waals surface area contributed by atoms with E-state index in [-0.39, 0.29) is 5.82 Å². The fourth-order valence-electron chi connectivity index (χ4n) is 1.99. The van der Waals surface area contributed by atoms with Crippen molar-refractivity contribution >= 4 is 11.8 Å². The monoisotopic (exact) mass is 342 g/mol. The minimum atomic E-state index is -4.75. The molecule has 0 saturated heterocycles. The number of pyridine rings is 1. The van der Waals surface area contributed by atoms with Crippen molar-refractivity contribution < 1.29 is 22.7 Å². The average Bonchev–Trinajstić information content (AvgIpc) is 2.80. The van der Waals surface area contributed by atoms with Gasteiger partial charge in [-0.1, -0.05) is 6.07 Å². The van der Waals surface area contributed by atoms with E-state index in [0.717, 1.165) is 6.20 Å². The van der Waals surface area contributed by atoms with Crippen molar-refractivity contribution in [2.75, 3.05) is 5.32 Å². The van der Waals surface area contributed by atoms with Gasteiger partial charge in [-0.15, -0.1) is 0 Å². The number of halogens is 3. The van der Waals surface area contributed by atoms with Crippen molar-refractivity contribution in [3.8, 4) is 5.82 Å². The number of nitrogens with zero attached hydrogens (tertiary/aromatic N) is 3. The van der Waals surface area contributed by atoms with E-state index in [9.17, 15) is 18.0 Å². The Morgan fingerprint density at radius 1 is 1.29 bits per heavy atom. The quantitative estimate of drug-likeness (QED) is 0.897. The molecule has 0 aliphatic carbocycles. The van der Waals surface area contributed by atoms with Gasteiger partial charge in [0.25, 0.3) is 0 Å². The first-order valence-electron chi connectivity index (χ1n) is 7.06. The van der Waals surface area contributed by atoms with Crippen LogP contribution in [0, 0.1) is 6.92 Å². The zero-order valence-electron chi connectivity index (χ0n) is 13.6. The van der Waals surface area contributed by atoms with Crippen LogP contribution in [0.4, 0.5) is 23.7 Å². The first kappa shape index (κ1) is 17.8. The van der Waals surface area contributed by atoms with Gasteiger partial charge in [-0.2, -0.15) is 18.3 Å². The lowest BCUT2D eigenvalue weighted by atomic mass is 10.2. The molecule has 130 valence electrons. The Kier molecular flexibility index (Phi) is 4.54. The van der Waals surface area contributed by atoms with Gasteiger partial charge >= 0.3 is 12.3 Å². The predicted octanol–water partition coefficient (Wildman–Crippen LogP) is 3.94. The number of amides is 1. The summed E-state index contributed by atoms with van der Waals surface area (Å²) >= 11 is 0.